The van der Waals surface area contributed by atoms with Gasteiger partial charge in [-0.15, -0.1) is 10.2 Å². The first-order valence-corrected chi connectivity index (χ1v) is 9.77. The smallest absolute Gasteiger partial charge is 0.293 e. The summed E-state index contributed by atoms with van der Waals surface area (Å²) in [6.07, 6.45) is 1.23. The lowest BCUT2D eigenvalue weighted by Gasteiger charge is -2.34. The Kier molecular flexibility index (Phi) is 4.72. The molecule has 24 heavy (non-hydrogen) atoms. The van der Waals surface area contributed by atoms with Crippen molar-refractivity contribution in [3.05, 3.63) is 30.1 Å². The molecule has 0 spiro atoms. The highest BCUT2D eigenvalue weighted by molar-refractivity contribution is 7.90. The molecule has 2 aromatic rings. The first-order chi connectivity index (χ1) is 11.4. The first-order valence-electron chi connectivity index (χ1n) is 7.71. The van der Waals surface area contributed by atoms with E-state index in [1.807, 2.05) is 17.0 Å². The van der Waals surface area contributed by atoms with Crippen LogP contribution in [0.3, 0.4) is 0 Å². The van der Waals surface area contributed by atoms with Gasteiger partial charge < -0.3 is 4.90 Å². The first kappa shape index (κ1) is 16.7. The largest absolute Gasteiger partial charge is 0.333 e. The van der Waals surface area contributed by atoms with Crippen molar-refractivity contribution in [2.24, 2.45) is 0 Å². The van der Waals surface area contributed by atoms with Crippen LogP contribution < -0.4 is 0 Å². The van der Waals surface area contributed by atoms with E-state index in [1.54, 1.807) is 17.0 Å². The van der Waals surface area contributed by atoms with E-state index in [-0.39, 0.29) is 17.5 Å². The minimum Gasteiger partial charge on any atom is -0.333 e. The van der Waals surface area contributed by atoms with Crippen LogP contribution in [0.1, 0.15) is 10.6 Å². The normalized spacial score (nSPS) is 16.5. The van der Waals surface area contributed by atoms with Gasteiger partial charge in [0.2, 0.25) is 5.82 Å². The zero-order valence-corrected chi connectivity index (χ0v) is 14.2. The van der Waals surface area contributed by atoms with Crippen molar-refractivity contribution in [3.63, 3.8) is 0 Å². The van der Waals surface area contributed by atoms with Gasteiger partial charge in [-0.1, -0.05) is 12.1 Å². The van der Waals surface area contributed by atoms with E-state index in [2.05, 4.69) is 15.2 Å². The molecule has 0 radical (unpaired) electrons. The van der Waals surface area contributed by atoms with Crippen LogP contribution in [-0.4, -0.2) is 84.0 Å². The van der Waals surface area contributed by atoms with Crippen molar-refractivity contribution < 1.29 is 13.2 Å². The van der Waals surface area contributed by atoms with Gasteiger partial charge in [0.25, 0.3) is 5.91 Å². The van der Waals surface area contributed by atoms with Crippen LogP contribution in [0, 0.1) is 0 Å². The van der Waals surface area contributed by atoms with Crippen molar-refractivity contribution in [1.29, 1.82) is 0 Å². The third kappa shape index (κ3) is 4.04. The SMILES string of the molecule is CS(=O)(=O)CCN1CCN(C(=O)c2nnc3ccccc3n2)CC1. The predicted molar refractivity (Wildman–Crippen MR) is 89.4 cm³/mol. The second-order valence-electron chi connectivity index (χ2n) is 5.89. The number of para-hydroxylation sites is 1. The number of hydrogen-bond acceptors (Lipinski definition) is 7. The number of hydrogen-bond donors (Lipinski definition) is 0. The molecule has 0 unspecified atom stereocenters. The van der Waals surface area contributed by atoms with Crippen molar-refractivity contribution in [3.8, 4) is 0 Å². The maximum absolute atomic E-state index is 12.5. The maximum atomic E-state index is 12.5. The van der Waals surface area contributed by atoms with Crippen LogP contribution in [0.5, 0.6) is 0 Å². The Morgan fingerprint density at radius 3 is 2.42 bits per heavy atom. The predicted octanol–water partition coefficient (Wildman–Crippen LogP) is -0.173. The molecule has 8 nitrogen and oxygen atoms in total. The maximum Gasteiger partial charge on any atom is 0.293 e. The van der Waals surface area contributed by atoms with Crippen LogP contribution in [0.4, 0.5) is 0 Å². The molecule has 3 rings (SSSR count). The fourth-order valence-corrected chi connectivity index (χ4v) is 3.17. The summed E-state index contributed by atoms with van der Waals surface area (Å²) in [7, 11) is -2.97. The number of amides is 1. The van der Waals surface area contributed by atoms with Crippen LogP contribution in [0.25, 0.3) is 11.0 Å². The zero-order valence-electron chi connectivity index (χ0n) is 13.4. The highest BCUT2D eigenvalue weighted by Crippen LogP contribution is 2.10. The molecule has 0 saturated carbocycles. The van der Waals surface area contributed by atoms with Crippen molar-refractivity contribution in [2.75, 3.05) is 44.7 Å². The molecule has 1 aromatic heterocycles. The standard InChI is InChI=1S/C15H19N5O3S/c1-24(22,23)11-10-19-6-8-20(9-7-19)15(21)14-16-12-4-2-3-5-13(12)17-18-14/h2-5H,6-11H2,1H3. The Bertz CT molecular complexity index is 847. The summed E-state index contributed by atoms with van der Waals surface area (Å²) in [5, 5.41) is 7.96. The molecule has 2 heterocycles. The number of benzene rings is 1. The van der Waals surface area contributed by atoms with E-state index in [0.29, 0.717) is 43.8 Å². The van der Waals surface area contributed by atoms with Gasteiger partial charge in [-0.3, -0.25) is 9.69 Å². The Morgan fingerprint density at radius 2 is 1.75 bits per heavy atom. The molecule has 1 aliphatic rings. The molecule has 1 amide bonds. The summed E-state index contributed by atoms with van der Waals surface area (Å²) >= 11 is 0. The number of piperazine rings is 1. The highest BCUT2D eigenvalue weighted by atomic mass is 32.2. The average Bonchev–Trinajstić information content (AvgIpc) is 2.59. The summed E-state index contributed by atoms with van der Waals surface area (Å²) in [6.45, 7) is 2.83. The van der Waals surface area contributed by atoms with Gasteiger partial charge in [-0.05, 0) is 12.1 Å². The summed E-state index contributed by atoms with van der Waals surface area (Å²) in [6, 6.07) is 7.27. The zero-order chi connectivity index (χ0) is 17.2. The van der Waals surface area contributed by atoms with Crippen LogP contribution in [0.15, 0.2) is 24.3 Å². The van der Waals surface area contributed by atoms with E-state index >= 15 is 0 Å². The lowest BCUT2D eigenvalue weighted by molar-refractivity contribution is 0.0631. The lowest BCUT2D eigenvalue weighted by Crippen LogP contribution is -2.50. The Labute approximate surface area is 140 Å². The van der Waals surface area contributed by atoms with E-state index in [0.717, 1.165) is 0 Å². The van der Waals surface area contributed by atoms with Crippen molar-refractivity contribution >= 4 is 26.8 Å². The third-order valence-corrected chi connectivity index (χ3v) is 4.91. The molecule has 0 N–H and O–H groups in total. The topological polar surface area (TPSA) is 96.4 Å². The number of nitrogens with zero attached hydrogens (tertiary/aromatic N) is 5. The van der Waals surface area contributed by atoms with E-state index in [4.69, 9.17) is 0 Å². The van der Waals surface area contributed by atoms with E-state index in [1.165, 1.54) is 6.26 Å². The van der Waals surface area contributed by atoms with E-state index in [9.17, 15) is 13.2 Å². The second kappa shape index (κ2) is 6.78. The summed E-state index contributed by atoms with van der Waals surface area (Å²) in [5.74, 6) is -0.00661. The number of sulfone groups is 1. The number of carbonyl (C=O) groups excluding carboxylic acids is 1. The molecule has 0 aliphatic carbocycles. The summed E-state index contributed by atoms with van der Waals surface area (Å²) in [4.78, 5) is 20.5. The van der Waals surface area contributed by atoms with Gasteiger partial charge >= 0.3 is 0 Å². The number of carbonyl (C=O) groups is 1. The summed E-state index contributed by atoms with van der Waals surface area (Å²) in [5.41, 5.74) is 1.29. The number of aromatic nitrogens is 3. The fraction of sp³-hybridized carbons (Fsp3) is 0.467. The molecule has 128 valence electrons. The van der Waals surface area contributed by atoms with Crippen LogP contribution in [0.2, 0.25) is 0 Å². The molecule has 9 heteroatoms. The average molecular weight is 349 g/mol. The fourth-order valence-electron chi connectivity index (χ4n) is 2.58. The molecule has 1 fully saturated rings. The minimum atomic E-state index is -2.97. The van der Waals surface area contributed by atoms with Gasteiger partial charge in [0.15, 0.2) is 0 Å². The Balaban J connectivity index is 1.62. The molecule has 0 bridgehead atoms. The van der Waals surface area contributed by atoms with Crippen molar-refractivity contribution in [1.82, 2.24) is 25.0 Å². The van der Waals surface area contributed by atoms with Gasteiger partial charge in [0.05, 0.1) is 11.3 Å². The number of fused-ring (bicyclic) bond motifs is 1. The van der Waals surface area contributed by atoms with Crippen LogP contribution in [-0.2, 0) is 9.84 Å². The lowest BCUT2D eigenvalue weighted by atomic mass is 10.3. The van der Waals surface area contributed by atoms with Gasteiger partial charge in [-0.2, -0.15) is 0 Å². The van der Waals surface area contributed by atoms with Gasteiger partial charge in [0.1, 0.15) is 15.4 Å². The van der Waals surface area contributed by atoms with Gasteiger partial charge in [-0.25, -0.2) is 13.4 Å². The van der Waals surface area contributed by atoms with E-state index < -0.39 is 9.84 Å². The molecular formula is C15H19N5O3S. The highest BCUT2D eigenvalue weighted by Gasteiger charge is 2.24. The second-order valence-corrected chi connectivity index (χ2v) is 8.15. The minimum absolute atomic E-state index is 0.0956. The molecule has 1 saturated heterocycles. The Hall–Kier alpha value is -2.13. The third-order valence-electron chi connectivity index (χ3n) is 3.99. The Morgan fingerprint density at radius 1 is 1.08 bits per heavy atom. The van der Waals surface area contributed by atoms with Crippen LogP contribution >= 0.6 is 0 Å². The number of rotatable bonds is 4. The summed E-state index contributed by atoms with van der Waals surface area (Å²) < 4.78 is 22.4. The molecule has 0 atom stereocenters. The molecular weight excluding hydrogens is 330 g/mol. The molecule has 1 aliphatic heterocycles. The molecule has 1 aromatic carbocycles. The van der Waals surface area contributed by atoms with Crippen molar-refractivity contribution in [2.45, 2.75) is 0 Å². The quantitative estimate of drug-likeness (QED) is 0.756. The van der Waals surface area contributed by atoms with Gasteiger partial charge in [0, 0.05) is 39.0 Å². The monoisotopic (exact) mass is 349 g/mol.